The third-order valence-corrected chi connectivity index (χ3v) is 3.06. The number of hydrogen-bond acceptors (Lipinski definition) is 2. The monoisotopic (exact) mass is 220 g/mol. The summed E-state index contributed by atoms with van der Waals surface area (Å²) in [7, 11) is 0. The van der Waals surface area contributed by atoms with Crippen LogP contribution < -0.4 is 4.74 Å². The van der Waals surface area contributed by atoms with Gasteiger partial charge in [-0.05, 0) is 43.0 Å². The molecule has 1 unspecified atom stereocenters. The first-order valence-electron chi connectivity index (χ1n) is 5.89. The lowest BCUT2D eigenvalue weighted by atomic mass is 9.95. The second kappa shape index (κ2) is 3.77. The SMILES string of the molecule is CC(C)C(O)c1ccc2c(c1)CC(C)(C)O2. The third kappa shape index (κ3) is 2.07. The first-order valence-corrected chi connectivity index (χ1v) is 5.89. The number of fused-ring (bicyclic) bond motifs is 1. The molecule has 1 aliphatic heterocycles. The molecule has 2 heteroatoms. The maximum absolute atomic E-state index is 10.0. The van der Waals surface area contributed by atoms with E-state index in [9.17, 15) is 5.11 Å². The van der Waals surface area contributed by atoms with Crippen molar-refractivity contribution in [2.75, 3.05) is 0 Å². The van der Waals surface area contributed by atoms with Crippen molar-refractivity contribution in [3.05, 3.63) is 29.3 Å². The van der Waals surface area contributed by atoms with Crippen molar-refractivity contribution in [2.45, 2.75) is 45.8 Å². The van der Waals surface area contributed by atoms with Gasteiger partial charge in [0.05, 0.1) is 6.10 Å². The van der Waals surface area contributed by atoms with Crippen LogP contribution >= 0.6 is 0 Å². The molecule has 1 aromatic rings. The van der Waals surface area contributed by atoms with Gasteiger partial charge in [0.2, 0.25) is 0 Å². The van der Waals surface area contributed by atoms with E-state index in [0.29, 0.717) is 0 Å². The molecule has 2 nitrogen and oxygen atoms in total. The Hall–Kier alpha value is -1.02. The zero-order valence-corrected chi connectivity index (χ0v) is 10.4. The molecule has 0 saturated carbocycles. The van der Waals surface area contributed by atoms with E-state index in [2.05, 4.69) is 19.9 Å². The Bertz CT molecular complexity index is 394. The minimum atomic E-state index is -0.381. The van der Waals surface area contributed by atoms with Gasteiger partial charge in [-0.3, -0.25) is 0 Å². The van der Waals surface area contributed by atoms with Crippen LogP contribution in [0.5, 0.6) is 5.75 Å². The molecule has 0 amide bonds. The highest BCUT2D eigenvalue weighted by molar-refractivity contribution is 5.42. The van der Waals surface area contributed by atoms with Gasteiger partial charge in [-0.25, -0.2) is 0 Å². The van der Waals surface area contributed by atoms with Crippen LogP contribution in [-0.2, 0) is 6.42 Å². The predicted molar refractivity (Wildman–Crippen MR) is 64.7 cm³/mol. The molecule has 0 spiro atoms. The Morgan fingerprint density at radius 1 is 1.31 bits per heavy atom. The Kier molecular flexibility index (Phi) is 2.70. The van der Waals surface area contributed by atoms with Gasteiger partial charge in [0.1, 0.15) is 11.4 Å². The quantitative estimate of drug-likeness (QED) is 0.830. The maximum atomic E-state index is 10.0. The molecule has 1 atom stereocenters. The fourth-order valence-corrected chi connectivity index (χ4v) is 2.20. The van der Waals surface area contributed by atoms with Gasteiger partial charge in [-0.2, -0.15) is 0 Å². The molecular weight excluding hydrogens is 200 g/mol. The van der Waals surface area contributed by atoms with Crippen LogP contribution in [0.3, 0.4) is 0 Å². The van der Waals surface area contributed by atoms with Crippen molar-refractivity contribution >= 4 is 0 Å². The first-order chi connectivity index (χ1) is 7.39. The van der Waals surface area contributed by atoms with Gasteiger partial charge in [-0.15, -0.1) is 0 Å². The van der Waals surface area contributed by atoms with Crippen molar-refractivity contribution in [3.8, 4) is 5.75 Å². The molecule has 16 heavy (non-hydrogen) atoms. The second-order valence-corrected chi connectivity index (χ2v) is 5.59. The van der Waals surface area contributed by atoms with E-state index in [4.69, 9.17) is 4.74 Å². The molecule has 1 N–H and O–H groups in total. The largest absolute Gasteiger partial charge is 0.487 e. The smallest absolute Gasteiger partial charge is 0.123 e. The first kappa shape index (κ1) is 11.5. The summed E-state index contributed by atoms with van der Waals surface area (Å²) in [5.74, 6) is 1.21. The summed E-state index contributed by atoms with van der Waals surface area (Å²) in [5, 5.41) is 10.0. The number of hydrogen-bond donors (Lipinski definition) is 1. The summed E-state index contributed by atoms with van der Waals surface area (Å²) in [6.07, 6.45) is 0.537. The minimum absolute atomic E-state index is 0.107. The lowest BCUT2D eigenvalue weighted by Crippen LogP contribution is -2.24. The maximum Gasteiger partial charge on any atom is 0.123 e. The lowest BCUT2D eigenvalue weighted by molar-refractivity contribution is 0.127. The summed E-state index contributed by atoms with van der Waals surface area (Å²) in [5.41, 5.74) is 2.10. The Balaban J connectivity index is 2.29. The number of aliphatic hydroxyl groups is 1. The Labute approximate surface area is 97.3 Å². The van der Waals surface area contributed by atoms with E-state index in [1.165, 1.54) is 5.56 Å². The van der Waals surface area contributed by atoms with Crippen LogP contribution in [0, 0.1) is 5.92 Å². The van der Waals surface area contributed by atoms with Crippen molar-refractivity contribution in [1.29, 1.82) is 0 Å². The zero-order valence-electron chi connectivity index (χ0n) is 10.4. The average molecular weight is 220 g/mol. The van der Waals surface area contributed by atoms with Gasteiger partial charge >= 0.3 is 0 Å². The average Bonchev–Trinajstić information content (AvgIpc) is 2.48. The molecule has 0 radical (unpaired) electrons. The standard InChI is InChI=1S/C14H20O2/c1-9(2)13(15)10-5-6-12-11(7-10)8-14(3,4)16-12/h5-7,9,13,15H,8H2,1-4H3. The molecule has 0 aliphatic carbocycles. The van der Waals surface area contributed by atoms with E-state index < -0.39 is 0 Å². The second-order valence-electron chi connectivity index (χ2n) is 5.59. The van der Waals surface area contributed by atoms with Crippen LogP contribution in [0.1, 0.15) is 44.9 Å². The fourth-order valence-electron chi connectivity index (χ4n) is 2.20. The molecule has 0 bridgehead atoms. The van der Waals surface area contributed by atoms with Crippen molar-refractivity contribution in [1.82, 2.24) is 0 Å². The van der Waals surface area contributed by atoms with Crippen molar-refractivity contribution in [2.24, 2.45) is 5.92 Å². The molecule has 1 heterocycles. The predicted octanol–water partition coefficient (Wildman–Crippen LogP) is 3.09. The number of benzene rings is 1. The number of ether oxygens (including phenoxy) is 1. The summed E-state index contributed by atoms with van der Waals surface area (Å²) in [6, 6.07) is 6.02. The van der Waals surface area contributed by atoms with E-state index in [1.54, 1.807) is 0 Å². The Morgan fingerprint density at radius 3 is 2.62 bits per heavy atom. The van der Waals surface area contributed by atoms with E-state index in [1.807, 2.05) is 26.0 Å². The van der Waals surface area contributed by atoms with Crippen LogP contribution in [-0.4, -0.2) is 10.7 Å². The summed E-state index contributed by atoms with van der Waals surface area (Å²) >= 11 is 0. The number of rotatable bonds is 2. The topological polar surface area (TPSA) is 29.5 Å². The summed E-state index contributed by atoms with van der Waals surface area (Å²) < 4.78 is 5.81. The molecule has 88 valence electrons. The lowest BCUT2D eigenvalue weighted by Gasteiger charge is -2.16. The Morgan fingerprint density at radius 2 is 2.00 bits per heavy atom. The van der Waals surface area contributed by atoms with Crippen LogP contribution in [0.4, 0.5) is 0 Å². The molecular formula is C14H20O2. The summed E-state index contributed by atoms with van der Waals surface area (Å²) in [4.78, 5) is 0. The minimum Gasteiger partial charge on any atom is -0.487 e. The van der Waals surface area contributed by atoms with Gasteiger partial charge in [0.25, 0.3) is 0 Å². The van der Waals surface area contributed by atoms with Gasteiger partial charge in [-0.1, -0.05) is 19.9 Å². The zero-order chi connectivity index (χ0) is 11.9. The van der Waals surface area contributed by atoms with Crippen LogP contribution in [0.2, 0.25) is 0 Å². The van der Waals surface area contributed by atoms with Gasteiger partial charge in [0, 0.05) is 6.42 Å². The van der Waals surface area contributed by atoms with E-state index >= 15 is 0 Å². The van der Waals surface area contributed by atoms with Crippen molar-refractivity contribution < 1.29 is 9.84 Å². The molecule has 0 saturated heterocycles. The molecule has 1 aliphatic rings. The van der Waals surface area contributed by atoms with E-state index in [0.717, 1.165) is 17.7 Å². The molecule has 2 rings (SSSR count). The molecule has 0 fully saturated rings. The van der Waals surface area contributed by atoms with Gasteiger partial charge in [0.15, 0.2) is 0 Å². The highest BCUT2D eigenvalue weighted by Gasteiger charge is 2.30. The normalized spacial score (nSPS) is 19.4. The number of aliphatic hydroxyl groups excluding tert-OH is 1. The molecule has 0 aromatic heterocycles. The van der Waals surface area contributed by atoms with Crippen molar-refractivity contribution in [3.63, 3.8) is 0 Å². The van der Waals surface area contributed by atoms with Gasteiger partial charge < -0.3 is 9.84 Å². The van der Waals surface area contributed by atoms with Crippen LogP contribution in [0.25, 0.3) is 0 Å². The summed E-state index contributed by atoms with van der Waals surface area (Å²) in [6.45, 7) is 8.23. The highest BCUT2D eigenvalue weighted by atomic mass is 16.5. The van der Waals surface area contributed by atoms with E-state index in [-0.39, 0.29) is 17.6 Å². The molecule has 1 aromatic carbocycles. The third-order valence-electron chi connectivity index (χ3n) is 3.06. The highest BCUT2D eigenvalue weighted by Crippen LogP contribution is 2.36. The fraction of sp³-hybridized carbons (Fsp3) is 0.571. The van der Waals surface area contributed by atoms with Crippen LogP contribution in [0.15, 0.2) is 18.2 Å².